The first-order valence-electron chi connectivity index (χ1n) is 11.6. The highest BCUT2D eigenvalue weighted by atomic mass is 16.6. The summed E-state index contributed by atoms with van der Waals surface area (Å²) in [5.41, 5.74) is 2.80. The van der Waals surface area contributed by atoms with E-state index in [1.807, 2.05) is 66.7 Å². The summed E-state index contributed by atoms with van der Waals surface area (Å²) in [6, 6.07) is 24.1. The van der Waals surface area contributed by atoms with Gasteiger partial charge in [0, 0.05) is 47.7 Å². The average Bonchev–Trinajstić information content (AvgIpc) is 3.42. The third kappa shape index (κ3) is 3.41. The van der Waals surface area contributed by atoms with Crippen LogP contribution in [0.4, 0.5) is 21.0 Å². The Labute approximate surface area is 202 Å². The lowest BCUT2D eigenvalue weighted by atomic mass is 9.79. The van der Waals surface area contributed by atoms with E-state index < -0.39 is 11.6 Å². The van der Waals surface area contributed by atoms with Crippen molar-refractivity contribution in [1.29, 1.82) is 0 Å². The molecule has 1 atom stereocenters. The summed E-state index contributed by atoms with van der Waals surface area (Å²) in [4.78, 5) is 41.7. The van der Waals surface area contributed by atoms with Crippen LogP contribution in [0.1, 0.15) is 16.7 Å². The van der Waals surface area contributed by atoms with Crippen LogP contribution in [-0.4, -0.2) is 53.5 Å². The van der Waals surface area contributed by atoms with Crippen LogP contribution in [0.2, 0.25) is 0 Å². The van der Waals surface area contributed by atoms with Crippen LogP contribution in [0.25, 0.3) is 0 Å². The summed E-state index contributed by atoms with van der Waals surface area (Å²) in [5, 5.41) is 5.79. The number of ether oxygens (including phenoxy) is 1. The molecular formula is C27H24N4O4. The van der Waals surface area contributed by atoms with Gasteiger partial charge in [0.05, 0.1) is 6.42 Å². The number of piperazine rings is 1. The largest absolute Gasteiger partial charge is 0.431 e. The molecule has 0 spiro atoms. The Balaban J connectivity index is 1.33. The van der Waals surface area contributed by atoms with Crippen molar-refractivity contribution in [3.63, 3.8) is 0 Å². The average molecular weight is 469 g/mol. The van der Waals surface area contributed by atoms with Crippen molar-refractivity contribution in [2.45, 2.75) is 18.1 Å². The number of hydrogen-bond donors (Lipinski definition) is 2. The van der Waals surface area contributed by atoms with Gasteiger partial charge in [-0.1, -0.05) is 66.7 Å². The highest BCUT2D eigenvalue weighted by Gasteiger charge is 2.58. The van der Waals surface area contributed by atoms with Gasteiger partial charge in [-0.3, -0.25) is 9.69 Å². The second kappa shape index (κ2) is 8.16. The zero-order valence-electron chi connectivity index (χ0n) is 18.9. The molecule has 2 saturated heterocycles. The third-order valence-electron chi connectivity index (χ3n) is 7.05. The van der Waals surface area contributed by atoms with Crippen LogP contribution < -0.4 is 10.6 Å². The number of amides is 4. The van der Waals surface area contributed by atoms with E-state index in [2.05, 4.69) is 10.6 Å². The Morgan fingerprint density at radius 2 is 1.60 bits per heavy atom. The normalized spacial score (nSPS) is 20.1. The van der Waals surface area contributed by atoms with Crippen molar-refractivity contribution in [1.82, 2.24) is 9.80 Å². The molecule has 3 aliphatic heterocycles. The predicted octanol–water partition coefficient (Wildman–Crippen LogP) is 3.79. The summed E-state index contributed by atoms with van der Waals surface area (Å²) in [6.07, 6.45) is -0.149. The van der Waals surface area contributed by atoms with Gasteiger partial charge in [-0.25, -0.2) is 9.59 Å². The molecule has 35 heavy (non-hydrogen) atoms. The van der Waals surface area contributed by atoms with Gasteiger partial charge in [0.15, 0.2) is 5.60 Å². The minimum atomic E-state index is -1.04. The number of rotatable bonds is 3. The molecule has 3 aromatic rings. The number of carbonyl (C=O) groups excluding carboxylic acids is 3. The predicted molar refractivity (Wildman–Crippen MR) is 130 cm³/mol. The van der Waals surface area contributed by atoms with Gasteiger partial charge in [0.25, 0.3) is 0 Å². The molecule has 8 heteroatoms. The van der Waals surface area contributed by atoms with Gasteiger partial charge in [-0.05, 0) is 12.1 Å². The highest BCUT2D eigenvalue weighted by Crippen LogP contribution is 2.45. The summed E-state index contributed by atoms with van der Waals surface area (Å²) in [6.45, 7) is 1.04. The smallest absolute Gasteiger partial charge is 0.411 e. The van der Waals surface area contributed by atoms with Gasteiger partial charge < -0.3 is 20.3 Å². The maximum Gasteiger partial charge on any atom is 0.411 e. The minimum Gasteiger partial charge on any atom is -0.431 e. The summed E-state index contributed by atoms with van der Waals surface area (Å²) in [7, 11) is 0. The van der Waals surface area contributed by atoms with Crippen molar-refractivity contribution in [3.05, 3.63) is 95.6 Å². The second-order valence-electron chi connectivity index (χ2n) is 8.98. The number of nitrogens with zero attached hydrogens (tertiary/aromatic N) is 2. The van der Waals surface area contributed by atoms with Gasteiger partial charge in [-0.2, -0.15) is 0 Å². The molecule has 3 aliphatic rings. The topological polar surface area (TPSA) is 91.0 Å². The molecule has 0 aliphatic carbocycles. The van der Waals surface area contributed by atoms with Crippen LogP contribution in [0, 0.1) is 0 Å². The van der Waals surface area contributed by atoms with Crippen LogP contribution in [0.15, 0.2) is 78.9 Å². The maximum atomic E-state index is 13.4. The molecule has 3 aromatic carbocycles. The van der Waals surface area contributed by atoms with Crippen molar-refractivity contribution in [2.24, 2.45) is 0 Å². The van der Waals surface area contributed by atoms with E-state index >= 15 is 0 Å². The summed E-state index contributed by atoms with van der Waals surface area (Å²) in [5.74, 6) is -0.0903. The lowest BCUT2D eigenvalue weighted by Crippen LogP contribution is -2.59. The molecule has 176 valence electrons. The lowest BCUT2D eigenvalue weighted by molar-refractivity contribution is -0.115. The minimum absolute atomic E-state index is 0.0903. The first kappa shape index (κ1) is 21.2. The Morgan fingerprint density at radius 3 is 2.29 bits per heavy atom. The monoisotopic (exact) mass is 468 g/mol. The number of hydrogen-bond acceptors (Lipinski definition) is 4. The summed E-state index contributed by atoms with van der Waals surface area (Å²) < 4.78 is 6.17. The number of fused-ring (bicyclic) bond motifs is 2. The summed E-state index contributed by atoms with van der Waals surface area (Å²) >= 11 is 0. The van der Waals surface area contributed by atoms with E-state index in [9.17, 15) is 14.4 Å². The van der Waals surface area contributed by atoms with Crippen molar-refractivity contribution >= 4 is 29.4 Å². The second-order valence-corrected chi connectivity index (χ2v) is 8.98. The van der Waals surface area contributed by atoms with Gasteiger partial charge in [0.2, 0.25) is 5.91 Å². The van der Waals surface area contributed by atoms with Gasteiger partial charge in [-0.15, -0.1) is 0 Å². The van der Waals surface area contributed by atoms with E-state index in [0.717, 1.165) is 22.4 Å². The fourth-order valence-electron chi connectivity index (χ4n) is 5.40. The van der Waals surface area contributed by atoms with Crippen LogP contribution in [0.3, 0.4) is 0 Å². The van der Waals surface area contributed by atoms with Crippen LogP contribution >= 0.6 is 0 Å². The SMILES string of the molecule is O=C1Cc2c(cccc2NC(=O)N2CCN3C(=O)OC(c4ccccc4)(c4ccccc4)C3C2)N1. The number of cyclic esters (lactones) is 1. The Bertz CT molecular complexity index is 1270. The lowest BCUT2D eigenvalue weighted by Gasteiger charge is -2.42. The zero-order chi connectivity index (χ0) is 24.0. The quantitative estimate of drug-likeness (QED) is 0.612. The van der Waals surface area contributed by atoms with E-state index in [4.69, 9.17) is 4.74 Å². The standard InChI is InChI=1S/C27H24N4O4/c32-24-16-20-21(28-24)12-7-13-22(20)29-25(33)30-14-15-31-23(17-30)27(35-26(31)34,18-8-3-1-4-9-18)19-10-5-2-6-11-19/h1-13,23H,14-17H2,(H,28,32)(H,29,33). The van der Waals surface area contributed by atoms with Crippen molar-refractivity contribution in [2.75, 3.05) is 30.3 Å². The molecule has 8 nitrogen and oxygen atoms in total. The van der Waals surface area contributed by atoms with Crippen LogP contribution in [-0.2, 0) is 21.6 Å². The molecule has 0 aromatic heterocycles. The molecule has 4 amide bonds. The van der Waals surface area contributed by atoms with E-state index in [0.29, 0.717) is 25.3 Å². The van der Waals surface area contributed by atoms with Crippen molar-refractivity contribution in [3.8, 4) is 0 Å². The molecule has 2 N–H and O–H groups in total. The van der Waals surface area contributed by atoms with Crippen molar-refractivity contribution < 1.29 is 19.1 Å². The van der Waals surface area contributed by atoms with E-state index in [1.54, 1.807) is 21.9 Å². The third-order valence-corrected chi connectivity index (χ3v) is 7.05. The van der Waals surface area contributed by atoms with Gasteiger partial charge >= 0.3 is 12.1 Å². The molecule has 3 heterocycles. The highest BCUT2D eigenvalue weighted by molar-refractivity contribution is 6.03. The van der Waals surface area contributed by atoms with E-state index in [1.165, 1.54) is 0 Å². The van der Waals surface area contributed by atoms with Crippen LogP contribution in [0.5, 0.6) is 0 Å². The number of benzene rings is 3. The Hall–Kier alpha value is -4.33. The Kier molecular flexibility index (Phi) is 4.95. The number of carbonyl (C=O) groups is 3. The molecular weight excluding hydrogens is 444 g/mol. The first-order valence-corrected chi connectivity index (χ1v) is 11.6. The molecule has 0 saturated carbocycles. The maximum absolute atomic E-state index is 13.4. The Morgan fingerprint density at radius 1 is 0.914 bits per heavy atom. The zero-order valence-corrected chi connectivity index (χ0v) is 18.9. The fourth-order valence-corrected chi connectivity index (χ4v) is 5.40. The molecule has 0 bridgehead atoms. The molecule has 1 unspecified atom stereocenters. The van der Waals surface area contributed by atoms with Gasteiger partial charge in [0.1, 0.15) is 6.04 Å². The molecule has 2 fully saturated rings. The number of anilines is 2. The number of nitrogens with one attached hydrogen (secondary N) is 2. The fraction of sp³-hybridized carbons (Fsp3) is 0.222. The first-order chi connectivity index (χ1) is 17.1. The molecule has 0 radical (unpaired) electrons. The van der Waals surface area contributed by atoms with E-state index in [-0.39, 0.29) is 24.5 Å². The number of urea groups is 1. The molecule has 6 rings (SSSR count).